The highest BCUT2D eigenvalue weighted by molar-refractivity contribution is 6.31. The van der Waals surface area contributed by atoms with Crippen LogP contribution in [0.1, 0.15) is 65.4 Å². The van der Waals surface area contributed by atoms with E-state index in [2.05, 4.69) is 10.3 Å². The molecule has 0 bridgehead atoms. The van der Waals surface area contributed by atoms with Gasteiger partial charge in [0.15, 0.2) is 23.6 Å². The largest absolute Gasteiger partial charge is 0.508 e. The van der Waals surface area contributed by atoms with Gasteiger partial charge in [-0.2, -0.15) is 0 Å². The van der Waals surface area contributed by atoms with E-state index in [0.717, 1.165) is 5.57 Å². The number of esters is 1. The Balaban J connectivity index is 1.40. The van der Waals surface area contributed by atoms with Gasteiger partial charge in [-0.25, -0.2) is 9.59 Å². The van der Waals surface area contributed by atoms with Crippen molar-refractivity contribution in [3.05, 3.63) is 91.6 Å². The molecule has 2 aromatic heterocycles. The molecule has 2 aromatic carbocycles. The SMILES string of the molecule is CO[C@@H]1[C@@H](OC(=O)c2cc(Cl)c(C)[nH]2)[C@@H](O)[C@H](Oc2ccc3c(O)c(NC(=O)c4ccc(O)c(CC=C(C)C)c4)c(=O)oc3c2C)OC1(C)C. The molecule has 0 spiro atoms. The molecule has 266 valence electrons. The Morgan fingerprint density at radius 2 is 1.84 bits per heavy atom. The number of benzene rings is 2. The van der Waals surface area contributed by atoms with Crippen LogP contribution in [0.3, 0.4) is 0 Å². The summed E-state index contributed by atoms with van der Waals surface area (Å²) in [4.78, 5) is 42.1. The lowest BCUT2D eigenvalue weighted by Gasteiger charge is -2.47. The number of nitrogens with one attached hydrogen (secondary N) is 2. The van der Waals surface area contributed by atoms with Crippen molar-refractivity contribution in [2.45, 2.75) is 78.2 Å². The van der Waals surface area contributed by atoms with Crippen molar-refractivity contribution in [3.63, 3.8) is 0 Å². The Labute approximate surface area is 292 Å². The number of aryl methyl sites for hydroxylation is 2. The van der Waals surface area contributed by atoms with Crippen LogP contribution in [0.2, 0.25) is 5.02 Å². The number of anilines is 1. The number of amides is 1. The maximum Gasteiger partial charge on any atom is 0.364 e. The number of rotatable bonds is 9. The second kappa shape index (κ2) is 14.2. The molecule has 0 radical (unpaired) electrons. The van der Waals surface area contributed by atoms with E-state index < -0.39 is 59.1 Å². The topological polar surface area (TPSA) is 190 Å². The van der Waals surface area contributed by atoms with Gasteiger partial charge in [-0.3, -0.25) is 4.79 Å². The summed E-state index contributed by atoms with van der Waals surface area (Å²) in [6, 6.07) is 8.57. The van der Waals surface area contributed by atoms with Crippen molar-refractivity contribution in [3.8, 4) is 17.2 Å². The number of hydrogen-bond donors (Lipinski definition) is 5. The summed E-state index contributed by atoms with van der Waals surface area (Å²) < 4.78 is 29.0. The fourth-order valence-electron chi connectivity index (χ4n) is 5.76. The van der Waals surface area contributed by atoms with Gasteiger partial charge in [0.2, 0.25) is 6.29 Å². The van der Waals surface area contributed by atoms with E-state index in [1.54, 1.807) is 27.7 Å². The van der Waals surface area contributed by atoms with Crippen molar-refractivity contribution in [1.29, 1.82) is 0 Å². The summed E-state index contributed by atoms with van der Waals surface area (Å²) in [6.45, 7) is 10.4. The molecule has 1 amide bonds. The van der Waals surface area contributed by atoms with Crippen LogP contribution in [0.4, 0.5) is 5.69 Å². The number of aromatic amines is 1. The summed E-state index contributed by atoms with van der Waals surface area (Å²) in [5.74, 6) is -1.88. The Kier molecular flexibility index (Phi) is 10.4. The lowest BCUT2D eigenvalue weighted by molar-refractivity contribution is -0.305. The van der Waals surface area contributed by atoms with Crippen LogP contribution in [0.25, 0.3) is 11.0 Å². The number of halogens is 1. The minimum absolute atomic E-state index is 0.0161. The third-order valence-corrected chi connectivity index (χ3v) is 8.88. The molecule has 50 heavy (non-hydrogen) atoms. The number of carbonyl (C=O) groups is 2. The first-order valence-electron chi connectivity index (χ1n) is 15.7. The second-order valence-electron chi connectivity index (χ2n) is 12.8. The first-order chi connectivity index (χ1) is 23.5. The van der Waals surface area contributed by atoms with Crippen molar-refractivity contribution in [2.24, 2.45) is 0 Å². The van der Waals surface area contributed by atoms with E-state index in [4.69, 9.17) is 35.0 Å². The number of fused-ring (bicyclic) bond motifs is 1. The first-order valence-corrected chi connectivity index (χ1v) is 16.1. The maximum absolute atomic E-state index is 13.1. The predicted molar refractivity (Wildman–Crippen MR) is 184 cm³/mol. The zero-order valence-electron chi connectivity index (χ0n) is 28.5. The molecule has 3 heterocycles. The average molecular weight is 711 g/mol. The third kappa shape index (κ3) is 7.22. The lowest BCUT2D eigenvalue weighted by atomic mass is 9.89. The number of methoxy groups -OCH3 is 1. The Bertz CT molecular complexity index is 2020. The molecule has 5 rings (SSSR count). The maximum atomic E-state index is 13.1. The van der Waals surface area contributed by atoms with Gasteiger partial charge in [-0.1, -0.05) is 23.3 Å². The van der Waals surface area contributed by atoms with Gasteiger partial charge in [-0.15, -0.1) is 0 Å². The Hall–Kier alpha value is -4.82. The van der Waals surface area contributed by atoms with Gasteiger partial charge < -0.3 is 49.0 Å². The van der Waals surface area contributed by atoms with E-state index in [0.29, 0.717) is 22.7 Å². The summed E-state index contributed by atoms with van der Waals surface area (Å²) in [5, 5.41) is 35.5. The van der Waals surface area contributed by atoms with Crippen molar-refractivity contribution in [2.75, 3.05) is 12.4 Å². The highest BCUT2D eigenvalue weighted by Gasteiger charge is 2.53. The number of aliphatic hydroxyl groups excluding tert-OH is 1. The van der Waals surface area contributed by atoms with Gasteiger partial charge in [0, 0.05) is 23.9 Å². The number of hydrogen-bond acceptors (Lipinski definition) is 11. The number of aromatic nitrogens is 1. The zero-order valence-corrected chi connectivity index (χ0v) is 29.3. The van der Waals surface area contributed by atoms with Gasteiger partial charge in [-0.05, 0) is 89.9 Å². The molecule has 0 unspecified atom stereocenters. The molecule has 14 heteroatoms. The predicted octanol–water partition coefficient (Wildman–Crippen LogP) is 5.68. The molecule has 1 aliphatic rings. The molecular formula is C36H39ClN2O11. The fraction of sp³-hybridized carbons (Fsp3) is 0.361. The van der Waals surface area contributed by atoms with Gasteiger partial charge in [0.1, 0.15) is 28.9 Å². The molecule has 0 saturated carbocycles. The van der Waals surface area contributed by atoms with E-state index in [1.165, 1.54) is 43.5 Å². The number of phenolic OH excluding ortho intramolecular Hbond substituents is 1. The summed E-state index contributed by atoms with van der Waals surface area (Å²) in [7, 11) is 1.40. The monoisotopic (exact) mass is 710 g/mol. The fourth-order valence-corrected chi connectivity index (χ4v) is 5.91. The van der Waals surface area contributed by atoms with E-state index >= 15 is 0 Å². The third-order valence-electron chi connectivity index (χ3n) is 8.49. The van der Waals surface area contributed by atoms with Crippen LogP contribution in [-0.2, 0) is 20.6 Å². The molecule has 1 aliphatic heterocycles. The second-order valence-corrected chi connectivity index (χ2v) is 13.2. The number of aliphatic hydroxyl groups is 1. The van der Waals surface area contributed by atoms with Crippen molar-refractivity contribution in [1.82, 2.24) is 4.98 Å². The molecule has 5 N–H and O–H groups in total. The van der Waals surface area contributed by atoms with Crippen LogP contribution >= 0.6 is 11.6 Å². The molecule has 1 fully saturated rings. The van der Waals surface area contributed by atoms with E-state index in [9.17, 15) is 29.7 Å². The minimum Gasteiger partial charge on any atom is -0.508 e. The first kappa shape index (κ1) is 36.5. The Morgan fingerprint density at radius 1 is 1.12 bits per heavy atom. The van der Waals surface area contributed by atoms with Crippen LogP contribution in [0, 0.1) is 13.8 Å². The molecule has 0 aliphatic carbocycles. The van der Waals surface area contributed by atoms with Gasteiger partial charge in [0.25, 0.3) is 5.91 Å². The normalized spacial score (nSPS) is 19.9. The van der Waals surface area contributed by atoms with E-state index in [1.807, 2.05) is 19.9 Å². The quantitative estimate of drug-likeness (QED) is 0.0816. The number of carbonyl (C=O) groups excluding carboxylic acids is 2. The standard InChI is InChI=1S/C36H39ClN2O11/c1-16(2)8-9-19-14-20(10-12-24(19)40)32(43)39-26-27(41)21-11-13-25(17(3)29(21)48-34(26)45)47-35-28(42)30(31(46-7)36(5,6)50-35)49-33(44)23-15-22(37)18(4)38-23/h8,10-15,28,30-31,35,38,40-42H,9H2,1-7H3,(H,39,43)/t28-,30+,31-,35-/m1/s1. The van der Waals surface area contributed by atoms with Crippen LogP contribution in [0.5, 0.6) is 17.2 Å². The highest BCUT2D eigenvalue weighted by atomic mass is 35.5. The average Bonchev–Trinajstić information content (AvgIpc) is 3.39. The minimum atomic E-state index is -1.54. The molecular weight excluding hydrogens is 672 g/mol. The molecule has 4 atom stereocenters. The summed E-state index contributed by atoms with van der Waals surface area (Å²) in [5.41, 5.74) is -0.0646. The Morgan fingerprint density at radius 3 is 2.48 bits per heavy atom. The number of ether oxygens (including phenoxy) is 4. The highest BCUT2D eigenvalue weighted by Crippen LogP contribution is 2.39. The molecule has 1 saturated heterocycles. The van der Waals surface area contributed by atoms with Gasteiger partial charge in [0.05, 0.1) is 16.0 Å². The number of phenols is 1. The molecule has 4 aromatic rings. The smallest absolute Gasteiger partial charge is 0.364 e. The summed E-state index contributed by atoms with van der Waals surface area (Å²) >= 11 is 6.10. The lowest BCUT2D eigenvalue weighted by Crippen LogP contribution is -2.65. The van der Waals surface area contributed by atoms with Crippen molar-refractivity contribution < 1.29 is 48.3 Å². The van der Waals surface area contributed by atoms with Crippen molar-refractivity contribution >= 4 is 40.1 Å². The zero-order chi connectivity index (χ0) is 36.7. The number of H-pyrrole nitrogens is 1. The number of aromatic hydroxyl groups is 2. The summed E-state index contributed by atoms with van der Waals surface area (Å²) in [6.07, 6.45) is -2.78. The molecule has 13 nitrogen and oxygen atoms in total. The van der Waals surface area contributed by atoms with Crippen LogP contribution in [0.15, 0.2) is 57.3 Å². The van der Waals surface area contributed by atoms with Crippen LogP contribution < -0.4 is 15.7 Å². The van der Waals surface area contributed by atoms with E-state index in [-0.39, 0.29) is 39.3 Å². The number of allylic oxidation sites excluding steroid dienone is 2. The van der Waals surface area contributed by atoms with Crippen LogP contribution in [-0.4, -0.2) is 69.5 Å². The van der Waals surface area contributed by atoms with Gasteiger partial charge >= 0.3 is 11.6 Å².